The quantitative estimate of drug-likeness (QED) is 0.276. The van der Waals surface area contributed by atoms with Gasteiger partial charge in [-0.3, -0.25) is 11.3 Å². The molecular formula is C5H13N3O2. The number of carbonyl (C=O) groups excluding carboxylic acids is 1. The van der Waals surface area contributed by atoms with Gasteiger partial charge in [0.25, 0.3) is 0 Å². The van der Waals surface area contributed by atoms with Crippen LogP contribution in [-0.2, 0) is 4.74 Å². The Balaban J connectivity index is 2.96. The summed E-state index contributed by atoms with van der Waals surface area (Å²) in [5.41, 5.74) is 2.47. The topological polar surface area (TPSA) is 76.4 Å². The van der Waals surface area contributed by atoms with Crippen molar-refractivity contribution in [3.63, 3.8) is 0 Å². The van der Waals surface area contributed by atoms with Crippen molar-refractivity contribution in [3.05, 3.63) is 0 Å². The summed E-state index contributed by atoms with van der Waals surface area (Å²) in [6.07, 6.45) is 0.392. The van der Waals surface area contributed by atoms with Crippen LogP contribution in [0, 0.1) is 0 Å². The number of rotatable bonds is 4. The van der Waals surface area contributed by atoms with Crippen molar-refractivity contribution >= 4 is 6.09 Å². The molecule has 0 aliphatic carbocycles. The van der Waals surface area contributed by atoms with Crippen molar-refractivity contribution in [2.75, 3.05) is 20.2 Å². The van der Waals surface area contributed by atoms with Crippen LogP contribution in [0.5, 0.6) is 0 Å². The largest absolute Gasteiger partial charge is 0.453 e. The first-order valence-electron chi connectivity index (χ1n) is 3.06. The van der Waals surface area contributed by atoms with Crippen molar-refractivity contribution in [2.24, 2.45) is 5.84 Å². The second-order valence-electron chi connectivity index (χ2n) is 1.73. The molecule has 5 nitrogen and oxygen atoms in total. The van der Waals surface area contributed by atoms with E-state index in [9.17, 15) is 4.79 Å². The standard InChI is InChI=1S/C5H13N3O2/c1-10-5(9)7-3-2-4-8-6/h8H,2-4,6H2,1H3,(H,7,9). The van der Waals surface area contributed by atoms with E-state index < -0.39 is 6.09 Å². The van der Waals surface area contributed by atoms with Gasteiger partial charge in [-0.05, 0) is 6.42 Å². The Hall–Kier alpha value is -0.810. The molecule has 0 aromatic heterocycles. The fraction of sp³-hybridized carbons (Fsp3) is 0.800. The number of amides is 1. The zero-order valence-electron chi connectivity index (χ0n) is 6.02. The molecule has 60 valence electrons. The molecular weight excluding hydrogens is 134 g/mol. The summed E-state index contributed by atoms with van der Waals surface area (Å²) in [5, 5.41) is 2.51. The SMILES string of the molecule is COC(=O)NCCCNN. The van der Waals surface area contributed by atoms with E-state index in [0.29, 0.717) is 13.1 Å². The van der Waals surface area contributed by atoms with Crippen LogP contribution in [0.2, 0.25) is 0 Å². The highest BCUT2D eigenvalue weighted by atomic mass is 16.5. The maximum atomic E-state index is 10.4. The smallest absolute Gasteiger partial charge is 0.406 e. The fourth-order valence-corrected chi connectivity index (χ4v) is 0.453. The molecule has 1 amide bonds. The molecule has 0 aliphatic rings. The van der Waals surface area contributed by atoms with Crippen LogP contribution >= 0.6 is 0 Å². The minimum atomic E-state index is -0.406. The molecule has 0 unspecified atom stereocenters. The van der Waals surface area contributed by atoms with Gasteiger partial charge in [0, 0.05) is 13.1 Å². The molecule has 0 heterocycles. The summed E-state index contributed by atoms with van der Waals surface area (Å²) in [6, 6.07) is 0. The summed E-state index contributed by atoms with van der Waals surface area (Å²) in [4.78, 5) is 10.4. The fourth-order valence-electron chi connectivity index (χ4n) is 0.453. The molecule has 10 heavy (non-hydrogen) atoms. The van der Waals surface area contributed by atoms with Gasteiger partial charge in [0.05, 0.1) is 7.11 Å². The van der Waals surface area contributed by atoms with Crippen molar-refractivity contribution in [2.45, 2.75) is 6.42 Å². The maximum absolute atomic E-state index is 10.4. The molecule has 0 rings (SSSR count). The van der Waals surface area contributed by atoms with E-state index in [0.717, 1.165) is 6.42 Å². The zero-order chi connectivity index (χ0) is 7.82. The number of nitrogens with one attached hydrogen (secondary N) is 2. The summed E-state index contributed by atoms with van der Waals surface area (Å²) in [5.74, 6) is 4.98. The zero-order valence-corrected chi connectivity index (χ0v) is 6.02. The van der Waals surface area contributed by atoms with Gasteiger partial charge in [-0.25, -0.2) is 4.79 Å². The van der Waals surface area contributed by atoms with E-state index in [-0.39, 0.29) is 0 Å². The molecule has 0 saturated carbocycles. The van der Waals surface area contributed by atoms with Crippen molar-refractivity contribution < 1.29 is 9.53 Å². The Morgan fingerprint density at radius 2 is 2.30 bits per heavy atom. The molecule has 0 fully saturated rings. The molecule has 0 aliphatic heterocycles. The normalized spacial score (nSPS) is 9.00. The predicted octanol–water partition coefficient (Wildman–Crippen LogP) is -0.804. The molecule has 0 saturated heterocycles. The van der Waals surface area contributed by atoms with Crippen molar-refractivity contribution in [3.8, 4) is 0 Å². The Kier molecular flexibility index (Phi) is 5.80. The highest BCUT2D eigenvalue weighted by molar-refractivity contribution is 5.66. The van der Waals surface area contributed by atoms with Crippen molar-refractivity contribution in [1.29, 1.82) is 0 Å². The van der Waals surface area contributed by atoms with E-state index >= 15 is 0 Å². The van der Waals surface area contributed by atoms with E-state index in [4.69, 9.17) is 5.84 Å². The van der Waals surface area contributed by atoms with Crippen molar-refractivity contribution in [1.82, 2.24) is 10.7 Å². The number of nitrogens with two attached hydrogens (primary N) is 1. The third kappa shape index (κ3) is 5.33. The van der Waals surface area contributed by atoms with Gasteiger partial charge >= 0.3 is 6.09 Å². The van der Waals surface area contributed by atoms with Gasteiger partial charge in [-0.15, -0.1) is 0 Å². The second-order valence-corrected chi connectivity index (χ2v) is 1.73. The first kappa shape index (κ1) is 9.19. The first-order chi connectivity index (χ1) is 4.81. The Bertz CT molecular complexity index is 96.9. The van der Waals surface area contributed by atoms with E-state index in [1.807, 2.05) is 0 Å². The van der Waals surface area contributed by atoms with E-state index in [1.54, 1.807) is 0 Å². The van der Waals surface area contributed by atoms with Gasteiger partial charge in [-0.1, -0.05) is 0 Å². The van der Waals surface area contributed by atoms with Gasteiger partial charge < -0.3 is 10.1 Å². The molecule has 0 aromatic carbocycles. The number of carbonyl (C=O) groups is 1. The van der Waals surface area contributed by atoms with Crippen LogP contribution in [0.1, 0.15) is 6.42 Å². The third-order valence-electron chi connectivity index (χ3n) is 0.953. The average Bonchev–Trinajstić information content (AvgIpc) is 1.98. The number of alkyl carbamates (subject to hydrolysis) is 1. The van der Waals surface area contributed by atoms with Gasteiger partial charge in [0.2, 0.25) is 0 Å². The summed E-state index contributed by atoms with van der Waals surface area (Å²) < 4.78 is 4.33. The number of methoxy groups -OCH3 is 1. The van der Waals surface area contributed by atoms with Crippen LogP contribution in [0.15, 0.2) is 0 Å². The number of ether oxygens (including phenoxy) is 1. The highest BCUT2D eigenvalue weighted by Crippen LogP contribution is 1.73. The minimum Gasteiger partial charge on any atom is -0.453 e. The second kappa shape index (κ2) is 6.31. The van der Waals surface area contributed by atoms with Crippen LogP contribution in [0.3, 0.4) is 0 Å². The van der Waals surface area contributed by atoms with E-state index in [2.05, 4.69) is 15.5 Å². The molecule has 0 bridgehead atoms. The maximum Gasteiger partial charge on any atom is 0.406 e. The number of hydrogen-bond acceptors (Lipinski definition) is 4. The lowest BCUT2D eigenvalue weighted by Gasteiger charge is -2.01. The molecule has 0 radical (unpaired) electrons. The Morgan fingerprint density at radius 1 is 1.60 bits per heavy atom. The lowest BCUT2D eigenvalue weighted by Crippen LogP contribution is -2.29. The van der Waals surface area contributed by atoms with Gasteiger partial charge in [0.1, 0.15) is 0 Å². The third-order valence-corrected chi connectivity index (χ3v) is 0.953. The average molecular weight is 147 g/mol. The Morgan fingerprint density at radius 3 is 2.80 bits per heavy atom. The lowest BCUT2D eigenvalue weighted by atomic mass is 10.4. The van der Waals surface area contributed by atoms with Crippen LogP contribution < -0.4 is 16.6 Å². The minimum absolute atomic E-state index is 0.406. The van der Waals surface area contributed by atoms with Gasteiger partial charge in [0.15, 0.2) is 0 Å². The molecule has 0 aromatic rings. The van der Waals surface area contributed by atoms with Crippen LogP contribution in [0.4, 0.5) is 4.79 Å². The number of hydrazine groups is 1. The summed E-state index contributed by atoms with van der Waals surface area (Å²) >= 11 is 0. The van der Waals surface area contributed by atoms with Gasteiger partial charge in [-0.2, -0.15) is 0 Å². The van der Waals surface area contributed by atoms with Crippen LogP contribution in [0.25, 0.3) is 0 Å². The molecule has 4 N–H and O–H groups in total. The monoisotopic (exact) mass is 147 g/mol. The first-order valence-corrected chi connectivity index (χ1v) is 3.06. The van der Waals surface area contributed by atoms with Crippen LogP contribution in [-0.4, -0.2) is 26.3 Å². The molecule has 5 heteroatoms. The molecule has 0 atom stereocenters. The Labute approximate surface area is 59.9 Å². The molecule has 0 spiro atoms. The lowest BCUT2D eigenvalue weighted by molar-refractivity contribution is 0.171. The number of hydrogen-bond donors (Lipinski definition) is 3. The summed E-state index contributed by atoms with van der Waals surface area (Å²) in [6.45, 7) is 1.26. The highest BCUT2D eigenvalue weighted by Gasteiger charge is 1.94. The van der Waals surface area contributed by atoms with E-state index in [1.165, 1.54) is 7.11 Å². The summed E-state index contributed by atoms with van der Waals surface area (Å²) in [7, 11) is 1.33. The predicted molar refractivity (Wildman–Crippen MR) is 37.2 cm³/mol.